The quantitative estimate of drug-likeness (QED) is 0.380. The van der Waals surface area contributed by atoms with Crippen LogP contribution in [0.1, 0.15) is 18.1 Å². The summed E-state index contributed by atoms with van der Waals surface area (Å²) in [6.45, 7) is 7.46. The van der Waals surface area contributed by atoms with Crippen molar-refractivity contribution < 1.29 is 14.6 Å². The van der Waals surface area contributed by atoms with Crippen molar-refractivity contribution in [2.45, 2.75) is 20.0 Å². The van der Waals surface area contributed by atoms with E-state index in [0.29, 0.717) is 31.9 Å². The number of benzene rings is 1. The molecule has 0 atom stereocenters. The number of rotatable bonds is 6. The van der Waals surface area contributed by atoms with E-state index in [2.05, 4.69) is 6.58 Å². The number of ether oxygens (including phenoxy) is 1. The highest BCUT2D eigenvalue weighted by atomic mass is 16.5. The van der Waals surface area contributed by atoms with Crippen molar-refractivity contribution in [2.24, 2.45) is 0 Å². The maximum atomic E-state index is 12.7. The van der Waals surface area contributed by atoms with Crippen LogP contribution in [-0.2, 0) is 22.6 Å². The van der Waals surface area contributed by atoms with Crippen LogP contribution in [0, 0.1) is 0 Å². The second-order valence-electron chi connectivity index (χ2n) is 5.07. The van der Waals surface area contributed by atoms with Gasteiger partial charge in [-0.2, -0.15) is 0 Å². The fourth-order valence-corrected chi connectivity index (χ4v) is 2.34. The van der Waals surface area contributed by atoms with Gasteiger partial charge in [-0.3, -0.25) is 4.79 Å². The first-order valence-electron chi connectivity index (χ1n) is 7.31. The van der Waals surface area contributed by atoms with E-state index in [0.717, 1.165) is 0 Å². The molecular formula is C18H21NO3. The molecule has 2 rings (SSSR count). The molecule has 0 fully saturated rings. The molecule has 4 heteroatoms. The van der Waals surface area contributed by atoms with Crippen LogP contribution in [0.25, 0.3) is 0 Å². The van der Waals surface area contributed by atoms with E-state index in [1.165, 1.54) is 17.2 Å². The van der Waals surface area contributed by atoms with Crippen molar-refractivity contribution in [3.8, 4) is 0 Å². The Labute approximate surface area is 131 Å². The van der Waals surface area contributed by atoms with Gasteiger partial charge in [0.1, 0.15) is 5.76 Å². The molecule has 1 aromatic carbocycles. The van der Waals surface area contributed by atoms with Gasteiger partial charge in [-0.25, -0.2) is 0 Å². The van der Waals surface area contributed by atoms with E-state index in [4.69, 9.17) is 4.74 Å². The van der Waals surface area contributed by atoms with Crippen molar-refractivity contribution in [1.29, 1.82) is 0 Å². The molecule has 0 saturated heterocycles. The second kappa shape index (κ2) is 7.61. The lowest BCUT2D eigenvalue weighted by molar-refractivity contribution is -0.127. The van der Waals surface area contributed by atoms with Crippen LogP contribution in [0.5, 0.6) is 0 Å². The third kappa shape index (κ3) is 4.09. The average Bonchev–Trinajstić information content (AvgIpc) is 2.94. The molecule has 22 heavy (non-hydrogen) atoms. The summed E-state index contributed by atoms with van der Waals surface area (Å²) < 4.78 is 5.28. The molecule has 0 aliphatic carbocycles. The molecule has 1 amide bonds. The lowest BCUT2D eigenvalue weighted by atomic mass is 10.1. The molecule has 1 heterocycles. The predicted octanol–water partition coefficient (Wildman–Crippen LogP) is 3.12. The molecule has 0 radical (unpaired) electrons. The monoisotopic (exact) mass is 299 g/mol. The zero-order valence-corrected chi connectivity index (χ0v) is 12.8. The number of aliphatic hydroxyl groups excluding tert-OH is 1. The first-order valence-corrected chi connectivity index (χ1v) is 7.31. The number of nitrogens with zero attached hydrogens (tertiary/aromatic N) is 1. The molecule has 1 aromatic rings. The molecule has 1 aliphatic heterocycles. The van der Waals surface area contributed by atoms with Gasteiger partial charge < -0.3 is 14.7 Å². The van der Waals surface area contributed by atoms with E-state index < -0.39 is 0 Å². The minimum absolute atomic E-state index is 0.0756. The van der Waals surface area contributed by atoms with Crippen LogP contribution in [0.4, 0.5) is 0 Å². The Morgan fingerprint density at radius 3 is 2.50 bits per heavy atom. The average molecular weight is 299 g/mol. The SMILES string of the molecule is C=C(O)/C=C\C(=C/COCC)C(=O)N1Cc2ccccc2C1. The highest BCUT2D eigenvalue weighted by molar-refractivity contribution is 5.96. The van der Waals surface area contributed by atoms with Crippen molar-refractivity contribution in [3.05, 3.63) is 71.5 Å². The first-order chi connectivity index (χ1) is 10.6. The molecule has 4 nitrogen and oxygen atoms in total. The van der Waals surface area contributed by atoms with Crippen LogP contribution in [0.2, 0.25) is 0 Å². The van der Waals surface area contributed by atoms with Gasteiger partial charge in [0.05, 0.1) is 6.61 Å². The zero-order chi connectivity index (χ0) is 15.9. The van der Waals surface area contributed by atoms with Gasteiger partial charge in [0.15, 0.2) is 0 Å². The summed E-state index contributed by atoms with van der Waals surface area (Å²) in [6.07, 6.45) is 4.72. The fraction of sp³-hybridized carbons (Fsp3) is 0.278. The van der Waals surface area contributed by atoms with Crippen molar-refractivity contribution in [2.75, 3.05) is 13.2 Å². The van der Waals surface area contributed by atoms with Gasteiger partial charge in [-0.15, -0.1) is 0 Å². The van der Waals surface area contributed by atoms with Gasteiger partial charge in [-0.05, 0) is 36.3 Å². The number of amides is 1. The predicted molar refractivity (Wildman–Crippen MR) is 86.2 cm³/mol. The maximum absolute atomic E-state index is 12.7. The molecule has 1 N–H and O–H groups in total. The number of carbonyl (C=O) groups excluding carboxylic acids is 1. The summed E-state index contributed by atoms with van der Waals surface area (Å²) in [5.74, 6) is -0.159. The molecule has 0 spiro atoms. The van der Waals surface area contributed by atoms with E-state index in [1.807, 2.05) is 31.2 Å². The van der Waals surface area contributed by atoms with Crippen LogP contribution < -0.4 is 0 Å². The summed E-state index contributed by atoms with van der Waals surface area (Å²) >= 11 is 0. The summed E-state index contributed by atoms with van der Waals surface area (Å²) in [5, 5.41) is 9.20. The van der Waals surface area contributed by atoms with E-state index >= 15 is 0 Å². The molecule has 0 aromatic heterocycles. The van der Waals surface area contributed by atoms with Crippen LogP contribution >= 0.6 is 0 Å². The molecule has 1 aliphatic rings. The first kappa shape index (κ1) is 16.0. The summed E-state index contributed by atoms with van der Waals surface area (Å²) in [5.41, 5.74) is 2.85. The fourth-order valence-electron chi connectivity index (χ4n) is 2.34. The Morgan fingerprint density at radius 2 is 1.95 bits per heavy atom. The van der Waals surface area contributed by atoms with Gasteiger partial charge in [0.25, 0.3) is 5.91 Å². The number of hydrogen-bond donors (Lipinski definition) is 1. The topological polar surface area (TPSA) is 49.8 Å². The van der Waals surface area contributed by atoms with Crippen molar-refractivity contribution in [1.82, 2.24) is 4.90 Å². The number of aliphatic hydroxyl groups is 1. The number of hydrogen-bond acceptors (Lipinski definition) is 3. The molecule has 116 valence electrons. The second-order valence-corrected chi connectivity index (χ2v) is 5.07. The van der Waals surface area contributed by atoms with Gasteiger partial charge in [0, 0.05) is 25.3 Å². The summed E-state index contributed by atoms with van der Waals surface area (Å²) in [4.78, 5) is 14.4. The highest BCUT2D eigenvalue weighted by Crippen LogP contribution is 2.24. The Hall–Kier alpha value is -2.33. The third-order valence-electron chi connectivity index (χ3n) is 3.46. The summed E-state index contributed by atoms with van der Waals surface area (Å²) in [7, 11) is 0. The molecule has 0 unspecified atom stereocenters. The lowest BCUT2D eigenvalue weighted by Crippen LogP contribution is -2.26. The van der Waals surface area contributed by atoms with Gasteiger partial charge >= 0.3 is 0 Å². The van der Waals surface area contributed by atoms with Crippen molar-refractivity contribution in [3.63, 3.8) is 0 Å². The van der Waals surface area contributed by atoms with Crippen LogP contribution in [-0.4, -0.2) is 29.1 Å². The number of allylic oxidation sites excluding steroid dienone is 1. The van der Waals surface area contributed by atoms with Gasteiger partial charge in [0.2, 0.25) is 0 Å². The van der Waals surface area contributed by atoms with Crippen LogP contribution in [0.3, 0.4) is 0 Å². The minimum Gasteiger partial charge on any atom is -0.509 e. The van der Waals surface area contributed by atoms with Crippen molar-refractivity contribution >= 4 is 5.91 Å². The normalized spacial score (nSPS) is 14.4. The highest BCUT2D eigenvalue weighted by Gasteiger charge is 2.24. The Balaban J connectivity index is 2.12. The Kier molecular flexibility index (Phi) is 5.55. The van der Waals surface area contributed by atoms with E-state index in [1.54, 1.807) is 17.1 Å². The maximum Gasteiger partial charge on any atom is 0.254 e. The van der Waals surface area contributed by atoms with E-state index in [-0.39, 0.29) is 11.7 Å². The smallest absolute Gasteiger partial charge is 0.254 e. The lowest BCUT2D eigenvalue weighted by Gasteiger charge is -2.16. The number of carbonyl (C=O) groups is 1. The Bertz CT molecular complexity index is 592. The minimum atomic E-state index is -0.0835. The summed E-state index contributed by atoms with van der Waals surface area (Å²) in [6, 6.07) is 8.04. The number of fused-ring (bicyclic) bond motifs is 1. The van der Waals surface area contributed by atoms with Crippen LogP contribution in [0.15, 0.2) is 60.4 Å². The Morgan fingerprint density at radius 1 is 1.32 bits per heavy atom. The van der Waals surface area contributed by atoms with E-state index in [9.17, 15) is 9.90 Å². The molecular weight excluding hydrogens is 278 g/mol. The van der Waals surface area contributed by atoms with Gasteiger partial charge in [-0.1, -0.05) is 30.8 Å². The third-order valence-corrected chi connectivity index (χ3v) is 3.46. The molecule has 0 saturated carbocycles. The zero-order valence-electron chi connectivity index (χ0n) is 12.8. The largest absolute Gasteiger partial charge is 0.509 e. The standard InChI is InChI=1S/C18H21NO3/c1-3-22-11-10-15(9-8-14(2)20)18(21)19-12-16-6-4-5-7-17(16)13-19/h4-10,20H,2-3,11-13H2,1H3/b9-8-,15-10+. The molecule has 0 bridgehead atoms.